The van der Waals surface area contributed by atoms with Gasteiger partial charge in [0.15, 0.2) is 0 Å². The van der Waals surface area contributed by atoms with Gasteiger partial charge in [-0.25, -0.2) is 8.78 Å². The summed E-state index contributed by atoms with van der Waals surface area (Å²) in [5, 5.41) is 9.26. The van der Waals surface area contributed by atoms with E-state index in [1.807, 2.05) is 0 Å². The minimum absolute atomic E-state index is 0.0152. The van der Waals surface area contributed by atoms with Crippen LogP contribution in [0.15, 0.2) is 18.2 Å². The van der Waals surface area contributed by atoms with Crippen LogP contribution in [-0.4, -0.2) is 11.2 Å². The number of aliphatic hydroxyl groups is 1. The molecule has 1 fully saturated rings. The molecule has 0 radical (unpaired) electrons. The van der Waals surface area contributed by atoms with Crippen LogP contribution in [0.25, 0.3) is 0 Å². The molecule has 3 atom stereocenters. The Morgan fingerprint density at radius 2 is 1.93 bits per heavy atom. The van der Waals surface area contributed by atoms with E-state index in [1.165, 1.54) is 18.2 Å². The molecule has 0 saturated heterocycles. The quantitative estimate of drug-likeness (QED) is 0.773. The maximum absolute atomic E-state index is 13.3. The van der Waals surface area contributed by atoms with E-state index in [-0.39, 0.29) is 17.4 Å². The third-order valence-corrected chi connectivity index (χ3v) is 2.83. The average molecular weight is 198 g/mol. The van der Waals surface area contributed by atoms with Crippen LogP contribution in [0.2, 0.25) is 0 Å². The van der Waals surface area contributed by atoms with Gasteiger partial charge in [-0.15, -0.1) is 0 Å². The van der Waals surface area contributed by atoms with Crippen LogP contribution in [-0.2, 0) is 0 Å². The number of hydrogen-bond donors (Lipinski definition) is 1. The van der Waals surface area contributed by atoms with Crippen molar-refractivity contribution in [3.8, 4) is 0 Å². The Hall–Kier alpha value is -0.960. The molecule has 76 valence electrons. The number of aliphatic hydroxyl groups excluding tert-OH is 1. The van der Waals surface area contributed by atoms with Gasteiger partial charge in [0, 0.05) is 5.56 Å². The Labute approximate surface area is 81.4 Å². The van der Waals surface area contributed by atoms with Crippen molar-refractivity contribution in [1.82, 2.24) is 0 Å². The van der Waals surface area contributed by atoms with Gasteiger partial charge in [0.2, 0.25) is 0 Å². The van der Waals surface area contributed by atoms with Gasteiger partial charge in [-0.3, -0.25) is 0 Å². The fourth-order valence-electron chi connectivity index (χ4n) is 1.94. The average Bonchev–Trinajstić information content (AvgIpc) is 2.83. The minimum atomic E-state index is -0.502. The standard InChI is InChI=1S/C11H12F2O/c1-6(14)7-5-8(7)11-9(12)3-2-4-10(11)13/h2-4,6-8,14H,5H2,1H3/t6-,7-,8+/m1/s1. The molecule has 1 aliphatic rings. The van der Waals surface area contributed by atoms with Gasteiger partial charge < -0.3 is 5.11 Å². The Balaban J connectivity index is 2.26. The molecule has 0 aromatic heterocycles. The van der Waals surface area contributed by atoms with Crippen molar-refractivity contribution in [3.05, 3.63) is 35.4 Å². The lowest BCUT2D eigenvalue weighted by Crippen LogP contribution is -2.05. The highest BCUT2D eigenvalue weighted by Crippen LogP contribution is 2.50. The summed E-state index contributed by atoms with van der Waals surface area (Å²) < 4.78 is 26.5. The Bertz CT molecular complexity index is 329. The van der Waals surface area contributed by atoms with Crippen LogP contribution in [0.1, 0.15) is 24.8 Å². The summed E-state index contributed by atoms with van der Waals surface area (Å²) >= 11 is 0. The number of hydrogen-bond acceptors (Lipinski definition) is 1. The van der Waals surface area contributed by atoms with E-state index in [0.29, 0.717) is 6.42 Å². The van der Waals surface area contributed by atoms with E-state index in [1.54, 1.807) is 6.92 Å². The molecule has 0 aliphatic heterocycles. The summed E-state index contributed by atoms with van der Waals surface area (Å²) in [7, 11) is 0. The molecular weight excluding hydrogens is 186 g/mol. The van der Waals surface area contributed by atoms with E-state index in [4.69, 9.17) is 0 Å². The van der Waals surface area contributed by atoms with Crippen LogP contribution >= 0.6 is 0 Å². The summed E-state index contributed by atoms with van der Waals surface area (Å²) in [5.74, 6) is -1.13. The molecule has 14 heavy (non-hydrogen) atoms. The van der Waals surface area contributed by atoms with Gasteiger partial charge >= 0.3 is 0 Å². The summed E-state index contributed by atoms with van der Waals surface area (Å²) in [6.45, 7) is 1.66. The van der Waals surface area contributed by atoms with Gasteiger partial charge in [-0.05, 0) is 37.3 Å². The van der Waals surface area contributed by atoms with Crippen LogP contribution in [0.5, 0.6) is 0 Å². The second-order valence-corrected chi connectivity index (χ2v) is 3.88. The highest BCUT2D eigenvalue weighted by atomic mass is 19.1. The number of benzene rings is 1. The molecule has 1 nitrogen and oxygen atoms in total. The lowest BCUT2D eigenvalue weighted by molar-refractivity contribution is 0.168. The highest BCUT2D eigenvalue weighted by molar-refractivity contribution is 5.29. The van der Waals surface area contributed by atoms with Gasteiger partial charge in [-0.1, -0.05) is 6.07 Å². The lowest BCUT2D eigenvalue weighted by atomic mass is 10.1. The van der Waals surface area contributed by atoms with Crippen LogP contribution < -0.4 is 0 Å². The second kappa shape index (κ2) is 3.31. The van der Waals surface area contributed by atoms with Gasteiger partial charge in [-0.2, -0.15) is 0 Å². The van der Waals surface area contributed by atoms with Crippen molar-refractivity contribution in [1.29, 1.82) is 0 Å². The summed E-state index contributed by atoms with van der Waals surface area (Å²) in [4.78, 5) is 0. The van der Waals surface area contributed by atoms with Crippen molar-refractivity contribution in [2.24, 2.45) is 5.92 Å². The maximum atomic E-state index is 13.3. The van der Waals surface area contributed by atoms with E-state index in [9.17, 15) is 13.9 Å². The van der Waals surface area contributed by atoms with Crippen molar-refractivity contribution >= 4 is 0 Å². The first-order valence-electron chi connectivity index (χ1n) is 4.73. The Morgan fingerprint density at radius 3 is 2.36 bits per heavy atom. The molecule has 0 bridgehead atoms. The molecule has 2 rings (SSSR count). The largest absolute Gasteiger partial charge is 0.393 e. The zero-order valence-corrected chi connectivity index (χ0v) is 7.87. The van der Waals surface area contributed by atoms with E-state index >= 15 is 0 Å². The van der Waals surface area contributed by atoms with Crippen molar-refractivity contribution in [2.75, 3.05) is 0 Å². The molecule has 3 heteroatoms. The van der Waals surface area contributed by atoms with Crippen molar-refractivity contribution in [3.63, 3.8) is 0 Å². The minimum Gasteiger partial charge on any atom is -0.393 e. The number of rotatable bonds is 2. The molecule has 1 N–H and O–H groups in total. The normalized spacial score (nSPS) is 27.4. The van der Waals surface area contributed by atoms with Crippen LogP contribution in [0.3, 0.4) is 0 Å². The van der Waals surface area contributed by atoms with Gasteiger partial charge in [0.25, 0.3) is 0 Å². The molecular formula is C11H12F2O. The first kappa shape index (κ1) is 9.59. The first-order valence-corrected chi connectivity index (χ1v) is 4.73. The summed E-state index contributed by atoms with van der Waals surface area (Å²) in [5.41, 5.74) is 0.137. The maximum Gasteiger partial charge on any atom is 0.129 e. The van der Waals surface area contributed by atoms with Crippen LogP contribution in [0.4, 0.5) is 8.78 Å². The van der Waals surface area contributed by atoms with E-state index in [2.05, 4.69) is 0 Å². The molecule has 0 unspecified atom stereocenters. The highest BCUT2D eigenvalue weighted by Gasteiger charge is 2.44. The molecule has 0 spiro atoms. The molecule has 1 aromatic carbocycles. The zero-order valence-electron chi connectivity index (χ0n) is 7.87. The molecule has 0 heterocycles. The zero-order chi connectivity index (χ0) is 10.3. The lowest BCUT2D eigenvalue weighted by Gasteiger charge is -2.05. The Morgan fingerprint density at radius 1 is 1.36 bits per heavy atom. The van der Waals surface area contributed by atoms with E-state index in [0.717, 1.165) is 0 Å². The van der Waals surface area contributed by atoms with Crippen molar-refractivity contribution in [2.45, 2.75) is 25.4 Å². The third kappa shape index (κ3) is 1.52. The fraction of sp³-hybridized carbons (Fsp3) is 0.455. The van der Waals surface area contributed by atoms with Crippen molar-refractivity contribution < 1.29 is 13.9 Å². The summed E-state index contributed by atoms with van der Waals surface area (Å²) in [6.07, 6.45) is 0.189. The molecule has 1 aliphatic carbocycles. The number of halogens is 2. The molecule has 1 aromatic rings. The molecule has 1 saturated carbocycles. The first-order chi connectivity index (χ1) is 6.61. The molecule has 0 amide bonds. The predicted molar refractivity (Wildman–Crippen MR) is 48.9 cm³/mol. The smallest absolute Gasteiger partial charge is 0.129 e. The second-order valence-electron chi connectivity index (χ2n) is 3.88. The monoisotopic (exact) mass is 198 g/mol. The SMILES string of the molecule is C[C@@H](O)[C@H]1C[C@@H]1c1c(F)cccc1F. The van der Waals surface area contributed by atoms with Crippen LogP contribution in [0, 0.1) is 17.6 Å². The van der Waals surface area contributed by atoms with E-state index < -0.39 is 17.7 Å². The fourth-order valence-corrected chi connectivity index (χ4v) is 1.94. The predicted octanol–water partition coefficient (Wildman–Crippen LogP) is 2.45. The topological polar surface area (TPSA) is 20.2 Å². The summed E-state index contributed by atoms with van der Waals surface area (Å²) in [6, 6.07) is 3.87. The van der Waals surface area contributed by atoms with Gasteiger partial charge in [0.1, 0.15) is 11.6 Å². The third-order valence-electron chi connectivity index (χ3n) is 2.83. The van der Waals surface area contributed by atoms with Gasteiger partial charge in [0.05, 0.1) is 6.10 Å². The Kier molecular flexibility index (Phi) is 2.27.